The molecular weight excluding hydrogens is 533 g/mol. The van der Waals surface area contributed by atoms with Gasteiger partial charge in [0.1, 0.15) is 17.7 Å². The molecule has 5 rings (SSSR count). The van der Waals surface area contributed by atoms with E-state index in [0.29, 0.717) is 29.4 Å². The molecule has 0 spiro atoms. The molecule has 0 N–H and O–H groups in total. The zero-order chi connectivity index (χ0) is 30.0. The zero-order valence-electron chi connectivity index (χ0n) is 25.8. The van der Waals surface area contributed by atoms with Gasteiger partial charge in [0.2, 0.25) is 0 Å². The zero-order valence-corrected chi connectivity index (χ0v) is 25.8. The number of aromatic nitrogens is 2. The van der Waals surface area contributed by atoms with Crippen LogP contribution in [-0.4, -0.2) is 87.6 Å². The Balaban J connectivity index is 1.19. The number of amides is 2. The Morgan fingerprint density at radius 1 is 1.00 bits per heavy atom. The van der Waals surface area contributed by atoms with Crippen molar-refractivity contribution in [2.75, 3.05) is 39.3 Å². The standard InChI is InChI=1S/C33H46FN5O3/c1-22-30(23(2)36-21-35-22)31(40)39-19-26-17-38(18-27(26)20-39)29(16-25-7-6-8-28(34)15-25)10-9-24-11-13-37(14-12-24)32(41)42-33(3,4)5/h6-8,15,21,24,26-27,29H,9-14,16-20H2,1-5H3. The highest BCUT2D eigenvalue weighted by Gasteiger charge is 2.44. The third kappa shape index (κ3) is 7.28. The number of aryl methyl sites for hydroxylation is 2. The van der Waals surface area contributed by atoms with Crippen molar-refractivity contribution in [2.45, 2.75) is 78.4 Å². The van der Waals surface area contributed by atoms with Crippen LogP contribution in [0, 0.1) is 37.4 Å². The normalized spacial score (nSPS) is 22.3. The average molecular weight is 580 g/mol. The minimum atomic E-state index is -0.482. The predicted octanol–water partition coefficient (Wildman–Crippen LogP) is 5.27. The van der Waals surface area contributed by atoms with Crippen LogP contribution in [0.1, 0.15) is 73.8 Å². The maximum atomic E-state index is 14.1. The first-order valence-corrected chi connectivity index (χ1v) is 15.5. The Morgan fingerprint density at radius 2 is 1.64 bits per heavy atom. The number of nitrogens with zero attached hydrogens (tertiary/aromatic N) is 5. The second kappa shape index (κ2) is 12.7. The van der Waals surface area contributed by atoms with Crippen molar-refractivity contribution in [1.29, 1.82) is 0 Å². The Kier molecular flexibility index (Phi) is 9.16. The summed E-state index contributed by atoms with van der Waals surface area (Å²) in [6.07, 6.45) is 6.20. The van der Waals surface area contributed by atoms with Gasteiger partial charge in [0.05, 0.1) is 17.0 Å². The highest BCUT2D eigenvalue weighted by atomic mass is 19.1. The molecule has 2 amide bonds. The molecule has 0 aliphatic carbocycles. The first-order chi connectivity index (χ1) is 20.0. The third-order valence-electron chi connectivity index (χ3n) is 9.29. The molecule has 3 atom stereocenters. The van der Waals surface area contributed by atoms with E-state index in [2.05, 4.69) is 14.9 Å². The predicted molar refractivity (Wildman–Crippen MR) is 160 cm³/mol. The summed E-state index contributed by atoms with van der Waals surface area (Å²) >= 11 is 0. The van der Waals surface area contributed by atoms with Gasteiger partial charge in [-0.15, -0.1) is 0 Å². The van der Waals surface area contributed by atoms with E-state index in [0.717, 1.165) is 88.3 Å². The molecule has 3 saturated heterocycles. The number of halogens is 1. The van der Waals surface area contributed by atoms with Gasteiger partial charge in [0, 0.05) is 45.3 Å². The Labute approximate surface area is 249 Å². The molecular formula is C33H46FN5O3. The average Bonchev–Trinajstić information content (AvgIpc) is 3.50. The fraction of sp³-hybridized carbons (Fsp3) is 0.636. The van der Waals surface area contributed by atoms with Gasteiger partial charge >= 0.3 is 6.09 Å². The maximum absolute atomic E-state index is 14.1. The molecule has 0 bridgehead atoms. The van der Waals surface area contributed by atoms with Crippen LogP contribution >= 0.6 is 0 Å². The van der Waals surface area contributed by atoms with Crippen LogP contribution in [0.15, 0.2) is 30.6 Å². The highest BCUT2D eigenvalue weighted by molar-refractivity contribution is 5.96. The number of hydrogen-bond acceptors (Lipinski definition) is 6. The van der Waals surface area contributed by atoms with E-state index < -0.39 is 5.60 Å². The lowest BCUT2D eigenvalue weighted by molar-refractivity contribution is 0.0177. The van der Waals surface area contributed by atoms with Gasteiger partial charge in [0.25, 0.3) is 5.91 Å². The largest absolute Gasteiger partial charge is 0.444 e. The van der Waals surface area contributed by atoms with Crippen molar-refractivity contribution in [3.63, 3.8) is 0 Å². The van der Waals surface area contributed by atoms with Crippen molar-refractivity contribution >= 4 is 12.0 Å². The van der Waals surface area contributed by atoms with Crippen LogP contribution in [0.25, 0.3) is 0 Å². The second-order valence-electron chi connectivity index (χ2n) is 13.6. The van der Waals surface area contributed by atoms with Gasteiger partial charge in [-0.05, 0) is 102 Å². The van der Waals surface area contributed by atoms with Gasteiger partial charge in [-0.3, -0.25) is 9.69 Å². The van der Waals surface area contributed by atoms with Crippen LogP contribution in [-0.2, 0) is 11.2 Å². The summed E-state index contributed by atoms with van der Waals surface area (Å²) in [7, 11) is 0. The molecule has 4 heterocycles. The minimum absolute atomic E-state index is 0.0422. The minimum Gasteiger partial charge on any atom is -0.444 e. The molecule has 0 saturated carbocycles. The number of fused-ring (bicyclic) bond motifs is 1. The molecule has 1 aromatic heterocycles. The van der Waals surface area contributed by atoms with Gasteiger partial charge in [-0.2, -0.15) is 0 Å². The number of likely N-dealkylation sites (tertiary alicyclic amines) is 3. The molecule has 1 aromatic carbocycles. The molecule has 3 aliphatic heterocycles. The van der Waals surface area contributed by atoms with Crippen molar-refractivity contribution < 1.29 is 18.7 Å². The van der Waals surface area contributed by atoms with E-state index in [-0.39, 0.29) is 17.8 Å². The number of benzene rings is 1. The van der Waals surface area contributed by atoms with Crippen LogP contribution in [0.3, 0.4) is 0 Å². The molecule has 3 fully saturated rings. The van der Waals surface area contributed by atoms with Gasteiger partial charge in [0.15, 0.2) is 0 Å². The number of ether oxygens (including phenoxy) is 1. The summed E-state index contributed by atoms with van der Waals surface area (Å²) in [6.45, 7) is 14.3. The quantitative estimate of drug-likeness (QED) is 0.445. The Bertz CT molecular complexity index is 1240. The summed E-state index contributed by atoms with van der Waals surface area (Å²) < 4.78 is 19.6. The number of hydrogen-bond donors (Lipinski definition) is 0. The number of piperidine rings is 1. The van der Waals surface area contributed by atoms with E-state index in [1.807, 2.05) is 50.5 Å². The molecule has 2 aromatic rings. The van der Waals surface area contributed by atoms with E-state index in [9.17, 15) is 14.0 Å². The molecule has 0 radical (unpaired) electrons. The van der Waals surface area contributed by atoms with Crippen LogP contribution in [0.4, 0.5) is 9.18 Å². The molecule has 8 nitrogen and oxygen atoms in total. The summed E-state index contributed by atoms with van der Waals surface area (Å²) in [6, 6.07) is 7.31. The maximum Gasteiger partial charge on any atom is 0.410 e. The topological polar surface area (TPSA) is 78.9 Å². The Hall–Kier alpha value is -3.07. The van der Waals surface area contributed by atoms with Gasteiger partial charge < -0.3 is 14.5 Å². The molecule has 3 aliphatic rings. The second-order valence-corrected chi connectivity index (χ2v) is 13.6. The SMILES string of the molecule is Cc1ncnc(C)c1C(=O)N1CC2CN(C(CCC3CCN(C(=O)OC(C)(C)C)CC3)Cc3cccc(F)c3)CC2C1. The lowest BCUT2D eigenvalue weighted by atomic mass is 9.89. The van der Waals surface area contributed by atoms with Gasteiger partial charge in [-0.1, -0.05) is 12.1 Å². The summed E-state index contributed by atoms with van der Waals surface area (Å²) in [4.78, 5) is 40.8. The smallest absolute Gasteiger partial charge is 0.410 e. The van der Waals surface area contributed by atoms with E-state index in [1.165, 1.54) is 12.4 Å². The first kappa shape index (κ1) is 30.4. The van der Waals surface area contributed by atoms with Crippen molar-refractivity contribution in [3.8, 4) is 0 Å². The summed E-state index contributed by atoms with van der Waals surface area (Å²) in [5.41, 5.74) is 2.65. The molecule has 9 heteroatoms. The van der Waals surface area contributed by atoms with Crippen molar-refractivity contribution in [2.24, 2.45) is 17.8 Å². The number of rotatable bonds is 7. The van der Waals surface area contributed by atoms with Crippen LogP contribution in [0.5, 0.6) is 0 Å². The van der Waals surface area contributed by atoms with E-state index in [4.69, 9.17) is 4.74 Å². The highest BCUT2D eigenvalue weighted by Crippen LogP contribution is 2.35. The summed E-state index contributed by atoms with van der Waals surface area (Å²) in [5, 5.41) is 0. The van der Waals surface area contributed by atoms with E-state index >= 15 is 0 Å². The molecule has 228 valence electrons. The van der Waals surface area contributed by atoms with E-state index in [1.54, 1.807) is 12.1 Å². The lowest BCUT2D eigenvalue weighted by Crippen LogP contribution is -2.42. The molecule has 3 unspecified atom stereocenters. The number of carbonyl (C=O) groups is 2. The first-order valence-electron chi connectivity index (χ1n) is 15.5. The third-order valence-corrected chi connectivity index (χ3v) is 9.29. The fourth-order valence-corrected chi connectivity index (χ4v) is 7.06. The van der Waals surface area contributed by atoms with Crippen molar-refractivity contribution in [1.82, 2.24) is 24.7 Å². The summed E-state index contributed by atoms with van der Waals surface area (Å²) in [5.74, 6) is 1.29. The Morgan fingerprint density at radius 3 is 2.24 bits per heavy atom. The monoisotopic (exact) mass is 579 g/mol. The lowest BCUT2D eigenvalue weighted by Gasteiger charge is -2.35. The number of carbonyl (C=O) groups excluding carboxylic acids is 2. The fourth-order valence-electron chi connectivity index (χ4n) is 7.06. The van der Waals surface area contributed by atoms with Gasteiger partial charge in [-0.25, -0.2) is 19.2 Å². The van der Waals surface area contributed by atoms with Crippen LogP contribution in [0.2, 0.25) is 0 Å². The van der Waals surface area contributed by atoms with Crippen LogP contribution < -0.4 is 0 Å². The van der Waals surface area contributed by atoms with Crippen molar-refractivity contribution in [3.05, 3.63) is 58.9 Å². The molecule has 42 heavy (non-hydrogen) atoms.